The Hall–Kier alpha value is -3.77. The number of fused-ring (bicyclic) bond motifs is 1. The SMILES string of the molecule is CS(=O)(=O)N(CCCC(=O)Nc1ccc(S(=O)(=O)Nc2ccccc2)cc1)c1ccc2c(c1)OCO2. The molecule has 0 radical (unpaired) electrons. The Morgan fingerprint density at radius 1 is 0.889 bits per heavy atom. The third-order valence-corrected chi connectivity index (χ3v) is 7.88. The fourth-order valence-electron chi connectivity index (χ4n) is 3.57. The Morgan fingerprint density at radius 3 is 2.28 bits per heavy atom. The summed E-state index contributed by atoms with van der Waals surface area (Å²) >= 11 is 0. The van der Waals surface area contributed by atoms with Gasteiger partial charge >= 0.3 is 0 Å². The maximum atomic E-state index is 12.5. The zero-order chi connectivity index (χ0) is 25.8. The van der Waals surface area contributed by atoms with E-state index in [2.05, 4.69) is 10.0 Å². The summed E-state index contributed by atoms with van der Waals surface area (Å²) in [6.45, 7) is 0.169. The van der Waals surface area contributed by atoms with Crippen LogP contribution in [0.3, 0.4) is 0 Å². The predicted octanol–water partition coefficient (Wildman–Crippen LogP) is 3.40. The lowest BCUT2D eigenvalue weighted by Crippen LogP contribution is -2.31. The first-order chi connectivity index (χ1) is 17.1. The van der Waals surface area contributed by atoms with Crippen LogP contribution in [0.1, 0.15) is 12.8 Å². The lowest BCUT2D eigenvalue weighted by molar-refractivity contribution is -0.116. The van der Waals surface area contributed by atoms with E-state index < -0.39 is 20.0 Å². The summed E-state index contributed by atoms with van der Waals surface area (Å²) in [5.41, 5.74) is 1.29. The van der Waals surface area contributed by atoms with Crippen molar-refractivity contribution < 1.29 is 31.1 Å². The minimum atomic E-state index is -3.77. The van der Waals surface area contributed by atoms with Crippen LogP contribution in [0.25, 0.3) is 0 Å². The summed E-state index contributed by atoms with van der Waals surface area (Å²) in [5, 5.41) is 2.70. The number of nitrogens with zero attached hydrogens (tertiary/aromatic N) is 1. The van der Waals surface area contributed by atoms with Gasteiger partial charge in [-0.1, -0.05) is 18.2 Å². The number of sulfonamides is 2. The second kappa shape index (κ2) is 10.5. The summed E-state index contributed by atoms with van der Waals surface area (Å²) in [6, 6.07) is 19.1. The van der Waals surface area contributed by atoms with Crippen molar-refractivity contribution in [3.8, 4) is 11.5 Å². The Bertz CT molecular complexity index is 1440. The van der Waals surface area contributed by atoms with Gasteiger partial charge in [-0.05, 0) is 55.0 Å². The quantitative estimate of drug-likeness (QED) is 0.410. The van der Waals surface area contributed by atoms with Crippen molar-refractivity contribution in [3.05, 3.63) is 72.8 Å². The Morgan fingerprint density at radius 2 is 1.58 bits per heavy atom. The number of hydrogen-bond acceptors (Lipinski definition) is 7. The van der Waals surface area contributed by atoms with Gasteiger partial charge in [0.05, 0.1) is 16.8 Å². The Kier molecular flexibility index (Phi) is 7.36. The van der Waals surface area contributed by atoms with Crippen molar-refractivity contribution in [3.63, 3.8) is 0 Å². The van der Waals surface area contributed by atoms with E-state index in [4.69, 9.17) is 9.47 Å². The molecule has 3 aromatic carbocycles. The second-order valence-corrected chi connectivity index (χ2v) is 11.6. The highest BCUT2D eigenvalue weighted by Crippen LogP contribution is 2.36. The van der Waals surface area contributed by atoms with Crippen molar-refractivity contribution in [2.75, 3.05) is 33.9 Å². The lowest BCUT2D eigenvalue weighted by Gasteiger charge is -2.22. The minimum Gasteiger partial charge on any atom is -0.454 e. The van der Waals surface area contributed by atoms with E-state index in [1.54, 1.807) is 48.5 Å². The molecule has 1 heterocycles. The minimum absolute atomic E-state index is 0.0527. The second-order valence-electron chi connectivity index (χ2n) is 8.02. The highest BCUT2D eigenvalue weighted by atomic mass is 32.2. The van der Waals surface area contributed by atoms with Gasteiger partial charge in [0.2, 0.25) is 22.7 Å². The third kappa shape index (κ3) is 6.26. The van der Waals surface area contributed by atoms with Gasteiger partial charge in [0.15, 0.2) is 11.5 Å². The number of benzene rings is 3. The van der Waals surface area contributed by atoms with Crippen LogP contribution < -0.4 is 23.8 Å². The van der Waals surface area contributed by atoms with Gasteiger partial charge in [0.1, 0.15) is 0 Å². The molecule has 0 saturated carbocycles. The van der Waals surface area contributed by atoms with Crippen molar-refractivity contribution >= 4 is 43.0 Å². The predicted molar refractivity (Wildman–Crippen MR) is 136 cm³/mol. The van der Waals surface area contributed by atoms with Crippen molar-refractivity contribution in [2.24, 2.45) is 0 Å². The largest absolute Gasteiger partial charge is 0.454 e. The average Bonchev–Trinajstić information content (AvgIpc) is 3.30. The number of para-hydroxylation sites is 1. The van der Waals surface area contributed by atoms with E-state index in [0.29, 0.717) is 28.6 Å². The number of rotatable bonds is 10. The molecule has 0 bridgehead atoms. The molecule has 190 valence electrons. The highest BCUT2D eigenvalue weighted by Gasteiger charge is 2.21. The number of anilines is 3. The zero-order valence-corrected chi connectivity index (χ0v) is 21.0. The van der Waals surface area contributed by atoms with Crippen molar-refractivity contribution in [2.45, 2.75) is 17.7 Å². The highest BCUT2D eigenvalue weighted by molar-refractivity contribution is 7.92. The Balaban J connectivity index is 1.33. The van der Waals surface area contributed by atoms with Crippen LogP contribution in [0.15, 0.2) is 77.7 Å². The molecule has 1 aliphatic rings. The van der Waals surface area contributed by atoms with Gasteiger partial charge in [-0.25, -0.2) is 16.8 Å². The van der Waals surface area contributed by atoms with Crippen LogP contribution in [-0.4, -0.2) is 42.3 Å². The maximum Gasteiger partial charge on any atom is 0.261 e. The molecular weight excluding hydrogens is 506 g/mol. The van der Waals surface area contributed by atoms with Gasteiger partial charge < -0.3 is 14.8 Å². The molecule has 12 heteroatoms. The van der Waals surface area contributed by atoms with Gasteiger partial charge in [-0.3, -0.25) is 13.8 Å². The molecule has 0 aliphatic carbocycles. The van der Waals surface area contributed by atoms with Crippen molar-refractivity contribution in [1.29, 1.82) is 0 Å². The van der Waals surface area contributed by atoms with E-state index in [9.17, 15) is 21.6 Å². The van der Waals surface area contributed by atoms with E-state index in [-0.39, 0.29) is 37.0 Å². The summed E-state index contributed by atoms with van der Waals surface area (Å²) in [7, 11) is -7.36. The van der Waals surface area contributed by atoms with Crippen LogP contribution in [0, 0.1) is 0 Å². The molecule has 10 nitrogen and oxygen atoms in total. The summed E-state index contributed by atoms with van der Waals surface area (Å²) in [5.74, 6) is 0.678. The fourth-order valence-corrected chi connectivity index (χ4v) is 5.59. The molecule has 2 N–H and O–H groups in total. The normalized spacial score (nSPS) is 12.7. The Labute approximate surface area is 209 Å². The van der Waals surface area contributed by atoms with Gasteiger partial charge in [0, 0.05) is 30.4 Å². The molecule has 0 fully saturated rings. The van der Waals surface area contributed by atoms with Crippen LogP contribution in [0.4, 0.5) is 17.1 Å². The number of amides is 1. The van der Waals surface area contributed by atoms with Gasteiger partial charge in [0.25, 0.3) is 10.0 Å². The van der Waals surface area contributed by atoms with E-state index in [0.717, 1.165) is 6.26 Å². The zero-order valence-electron chi connectivity index (χ0n) is 19.4. The summed E-state index contributed by atoms with van der Waals surface area (Å²) in [4.78, 5) is 12.5. The number of carbonyl (C=O) groups is 1. The van der Waals surface area contributed by atoms with Crippen LogP contribution in [0.5, 0.6) is 11.5 Å². The van der Waals surface area contributed by atoms with E-state index >= 15 is 0 Å². The smallest absolute Gasteiger partial charge is 0.261 e. The summed E-state index contributed by atoms with van der Waals surface area (Å²) in [6.07, 6.45) is 1.42. The van der Waals surface area contributed by atoms with Gasteiger partial charge in [-0.2, -0.15) is 0 Å². The van der Waals surface area contributed by atoms with Gasteiger partial charge in [-0.15, -0.1) is 0 Å². The first-order valence-electron chi connectivity index (χ1n) is 11.0. The molecular formula is C24H25N3O7S2. The fraction of sp³-hybridized carbons (Fsp3) is 0.208. The summed E-state index contributed by atoms with van der Waals surface area (Å²) < 4.78 is 64.0. The molecule has 36 heavy (non-hydrogen) atoms. The molecule has 1 aliphatic heterocycles. The number of ether oxygens (including phenoxy) is 2. The molecule has 0 unspecified atom stereocenters. The van der Waals surface area contributed by atoms with Crippen LogP contribution in [-0.2, 0) is 24.8 Å². The topological polar surface area (TPSA) is 131 Å². The molecule has 3 aromatic rings. The first kappa shape index (κ1) is 25.3. The molecule has 0 spiro atoms. The molecule has 0 aromatic heterocycles. The molecule has 4 rings (SSSR count). The maximum absolute atomic E-state index is 12.5. The van der Waals surface area contributed by atoms with Crippen LogP contribution in [0.2, 0.25) is 0 Å². The molecule has 1 amide bonds. The number of carbonyl (C=O) groups excluding carboxylic acids is 1. The number of hydrogen-bond donors (Lipinski definition) is 2. The first-order valence-corrected chi connectivity index (χ1v) is 14.3. The third-order valence-electron chi connectivity index (χ3n) is 5.28. The van der Waals surface area contributed by atoms with E-state index in [1.165, 1.54) is 28.6 Å². The van der Waals surface area contributed by atoms with E-state index in [1.807, 2.05) is 0 Å². The van der Waals surface area contributed by atoms with Crippen LogP contribution >= 0.6 is 0 Å². The molecule has 0 atom stereocenters. The monoisotopic (exact) mass is 531 g/mol. The lowest BCUT2D eigenvalue weighted by atomic mass is 10.2. The number of nitrogens with one attached hydrogen (secondary N) is 2. The standard InChI is InChI=1S/C24H25N3O7S2/c1-35(29,30)27(20-11-14-22-23(16-20)34-17-33-22)15-5-8-24(28)25-18-9-12-21(13-10-18)36(31,32)26-19-6-3-2-4-7-19/h2-4,6-7,9-14,16,26H,5,8,15,17H2,1H3,(H,25,28). The van der Waals surface area contributed by atoms with Crippen molar-refractivity contribution in [1.82, 2.24) is 0 Å². The average molecular weight is 532 g/mol. The molecule has 0 saturated heterocycles.